The van der Waals surface area contributed by atoms with E-state index in [9.17, 15) is 18.0 Å². The second-order valence-electron chi connectivity index (χ2n) is 3.87. The van der Waals surface area contributed by atoms with Gasteiger partial charge in [0.05, 0.1) is 11.1 Å². The molecule has 0 heterocycles. The molecule has 0 aliphatic carbocycles. The summed E-state index contributed by atoms with van der Waals surface area (Å²) in [5.74, 6) is -1.35. The van der Waals surface area contributed by atoms with E-state index in [0.29, 0.717) is 0 Å². The van der Waals surface area contributed by atoms with Gasteiger partial charge in [0.2, 0.25) is 0 Å². The molecule has 0 spiro atoms. The molecular formula is C11H12F3NO2. The van der Waals surface area contributed by atoms with Gasteiger partial charge in [0.25, 0.3) is 0 Å². The largest absolute Gasteiger partial charge is 0.478 e. The fourth-order valence-electron chi connectivity index (χ4n) is 1.54. The number of alkyl halides is 3. The fraction of sp³-hybridized carbons (Fsp3) is 0.364. The van der Waals surface area contributed by atoms with Crippen LogP contribution in [0.25, 0.3) is 0 Å². The van der Waals surface area contributed by atoms with Crippen LogP contribution in [0.1, 0.15) is 21.5 Å². The first kappa shape index (κ1) is 13.5. The smallest absolute Gasteiger partial charge is 0.416 e. The minimum absolute atomic E-state index is 0.0721. The van der Waals surface area contributed by atoms with Crippen LogP contribution in [0.2, 0.25) is 0 Å². The molecule has 0 aliphatic heterocycles. The minimum Gasteiger partial charge on any atom is -0.478 e. The summed E-state index contributed by atoms with van der Waals surface area (Å²) in [6.07, 6.45) is -4.54. The Morgan fingerprint density at radius 2 is 1.94 bits per heavy atom. The predicted octanol–water partition coefficient (Wildman–Crippen LogP) is 2.47. The van der Waals surface area contributed by atoms with Crippen LogP contribution in [0.3, 0.4) is 0 Å². The molecule has 1 N–H and O–H groups in total. The van der Waals surface area contributed by atoms with E-state index in [1.54, 1.807) is 14.1 Å². The molecule has 6 heteroatoms. The van der Waals surface area contributed by atoms with Crippen molar-refractivity contribution in [2.45, 2.75) is 12.7 Å². The second-order valence-corrected chi connectivity index (χ2v) is 3.87. The van der Waals surface area contributed by atoms with Gasteiger partial charge in [-0.05, 0) is 31.8 Å². The number of hydrogen-bond acceptors (Lipinski definition) is 2. The molecule has 0 fully saturated rings. The summed E-state index contributed by atoms with van der Waals surface area (Å²) in [4.78, 5) is 12.4. The van der Waals surface area contributed by atoms with Crippen LogP contribution in [-0.4, -0.2) is 30.1 Å². The molecule has 1 aromatic carbocycles. The Labute approximate surface area is 96.5 Å². The van der Waals surface area contributed by atoms with Gasteiger partial charge < -0.3 is 10.0 Å². The van der Waals surface area contributed by atoms with E-state index in [1.807, 2.05) is 0 Å². The standard InChI is InChI=1S/C11H12F3NO2/c1-15(2)6-8-7(10(16)17)4-3-5-9(8)11(12,13)14/h3-5H,6H2,1-2H3,(H,16,17). The maximum absolute atomic E-state index is 12.7. The summed E-state index contributed by atoms with van der Waals surface area (Å²) in [7, 11) is 3.16. The number of halogens is 3. The third-order valence-corrected chi connectivity index (χ3v) is 2.19. The average Bonchev–Trinajstić information content (AvgIpc) is 2.14. The lowest BCUT2D eigenvalue weighted by atomic mass is 10.00. The van der Waals surface area contributed by atoms with Crippen LogP contribution in [-0.2, 0) is 12.7 Å². The first-order valence-corrected chi connectivity index (χ1v) is 4.80. The highest BCUT2D eigenvalue weighted by molar-refractivity contribution is 5.89. The minimum atomic E-state index is -4.54. The van der Waals surface area contributed by atoms with Gasteiger partial charge in [0, 0.05) is 6.54 Å². The summed E-state index contributed by atoms with van der Waals surface area (Å²) in [5.41, 5.74) is -1.42. The average molecular weight is 247 g/mol. The Morgan fingerprint density at radius 1 is 1.35 bits per heavy atom. The summed E-state index contributed by atoms with van der Waals surface area (Å²) in [6, 6.07) is 3.17. The number of carboxylic acids is 1. The van der Waals surface area contributed by atoms with Gasteiger partial charge in [-0.2, -0.15) is 13.2 Å². The Hall–Kier alpha value is -1.56. The lowest BCUT2D eigenvalue weighted by Crippen LogP contribution is -2.19. The van der Waals surface area contributed by atoms with Crippen molar-refractivity contribution >= 4 is 5.97 Å². The Kier molecular flexibility index (Phi) is 3.77. The van der Waals surface area contributed by atoms with Gasteiger partial charge >= 0.3 is 12.1 Å². The van der Waals surface area contributed by atoms with Crippen LogP contribution in [0.15, 0.2) is 18.2 Å². The maximum Gasteiger partial charge on any atom is 0.416 e. The normalized spacial score (nSPS) is 11.9. The highest BCUT2D eigenvalue weighted by Crippen LogP contribution is 2.33. The first-order chi connectivity index (χ1) is 7.73. The molecule has 0 aromatic heterocycles. The number of aromatic carboxylic acids is 1. The summed E-state index contributed by atoms with van der Waals surface area (Å²) >= 11 is 0. The number of hydrogen-bond donors (Lipinski definition) is 1. The van der Waals surface area contributed by atoms with Crippen LogP contribution < -0.4 is 0 Å². The molecule has 0 atom stereocenters. The number of rotatable bonds is 3. The maximum atomic E-state index is 12.7. The van der Waals surface area contributed by atoms with E-state index in [1.165, 1.54) is 11.0 Å². The molecule has 0 saturated heterocycles. The van der Waals surface area contributed by atoms with Gasteiger partial charge in [0.15, 0.2) is 0 Å². The second kappa shape index (κ2) is 4.75. The van der Waals surface area contributed by atoms with Crippen LogP contribution in [0.5, 0.6) is 0 Å². The van der Waals surface area contributed by atoms with E-state index in [-0.39, 0.29) is 17.7 Å². The van der Waals surface area contributed by atoms with Crippen molar-refractivity contribution in [1.29, 1.82) is 0 Å². The number of carboxylic acid groups (broad SMARTS) is 1. The summed E-state index contributed by atoms with van der Waals surface area (Å²) in [5, 5.41) is 8.88. The lowest BCUT2D eigenvalue weighted by Gasteiger charge is -2.18. The van der Waals surface area contributed by atoms with Gasteiger partial charge in [0.1, 0.15) is 0 Å². The molecule has 0 bridgehead atoms. The molecular weight excluding hydrogens is 235 g/mol. The third-order valence-electron chi connectivity index (χ3n) is 2.19. The molecule has 94 valence electrons. The van der Waals surface area contributed by atoms with Gasteiger partial charge in [-0.3, -0.25) is 0 Å². The van der Waals surface area contributed by atoms with Crippen LogP contribution >= 0.6 is 0 Å². The summed E-state index contributed by atoms with van der Waals surface area (Å²) < 4.78 is 38.2. The zero-order chi connectivity index (χ0) is 13.2. The summed E-state index contributed by atoms with van der Waals surface area (Å²) in [6.45, 7) is -0.0721. The number of carbonyl (C=O) groups is 1. The first-order valence-electron chi connectivity index (χ1n) is 4.80. The molecule has 0 radical (unpaired) electrons. The van der Waals surface area contributed by atoms with Gasteiger partial charge in [-0.25, -0.2) is 4.79 Å². The SMILES string of the molecule is CN(C)Cc1c(C(=O)O)cccc1C(F)(F)F. The van der Waals surface area contributed by atoms with Crippen molar-refractivity contribution in [2.75, 3.05) is 14.1 Å². The van der Waals surface area contributed by atoms with E-state index in [2.05, 4.69) is 0 Å². The Balaban J connectivity index is 3.40. The number of benzene rings is 1. The third kappa shape index (κ3) is 3.20. The van der Waals surface area contributed by atoms with Crippen LogP contribution in [0.4, 0.5) is 13.2 Å². The van der Waals surface area contributed by atoms with Crippen molar-refractivity contribution in [1.82, 2.24) is 4.90 Å². The highest BCUT2D eigenvalue weighted by Gasteiger charge is 2.35. The Morgan fingerprint density at radius 3 is 2.35 bits per heavy atom. The van der Waals surface area contributed by atoms with E-state index >= 15 is 0 Å². The molecule has 0 amide bonds. The zero-order valence-corrected chi connectivity index (χ0v) is 9.38. The van der Waals surface area contributed by atoms with Crippen LogP contribution in [0, 0.1) is 0 Å². The van der Waals surface area contributed by atoms with Gasteiger partial charge in [-0.15, -0.1) is 0 Å². The van der Waals surface area contributed by atoms with Gasteiger partial charge in [-0.1, -0.05) is 6.07 Å². The number of nitrogens with zero attached hydrogens (tertiary/aromatic N) is 1. The molecule has 1 aromatic rings. The molecule has 1 rings (SSSR count). The lowest BCUT2D eigenvalue weighted by molar-refractivity contribution is -0.138. The quantitative estimate of drug-likeness (QED) is 0.892. The monoisotopic (exact) mass is 247 g/mol. The highest BCUT2D eigenvalue weighted by atomic mass is 19.4. The zero-order valence-electron chi connectivity index (χ0n) is 9.38. The van der Waals surface area contributed by atoms with Crippen molar-refractivity contribution < 1.29 is 23.1 Å². The molecule has 0 aliphatic rings. The molecule has 3 nitrogen and oxygen atoms in total. The molecule has 0 saturated carbocycles. The van der Waals surface area contributed by atoms with Crippen molar-refractivity contribution in [3.05, 3.63) is 34.9 Å². The Bertz CT molecular complexity index is 427. The fourth-order valence-corrected chi connectivity index (χ4v) is 1.54. The van der Waals surface area contributed by atoms with E-state index < -0.39 is 17.7 Å². The molecule has 17 heavy (non-hydrogen) atoms. The van der Waals surface area contributed by atoms with Crippen molar-refractivity contribution in [3.63, 3.8) is 0 Å². The molecule has 0 unspecified atom stereocenters. The topological polar surface area (TPSA) is 40.5 Å². The van der Waals surface area contributed by atoms with E-state index in [0.717, 1.165) is 12.1 Å². The van der Waals surface area contributed by atoms with E-state index in [4.69, 9.17) is 5.11 Å². The van der Waals surface area contributed by atoms with Crippen molar-refractivity contribution in [3.8, 4) is 0 Å². The van der Waals surface area contributed by atoms with Crippen molar-refractivity contribution in [2.24, 2.45) is 0 Å². The predicted molar refractivity (Wildman–Crippen MR) is 55.8 cm³/mol.